The monoisotopic (exact) mass is 404 g/mol. The summed E-state index contributed by atoms with van der Waals surface area (Å²) in [6.07, 6.45) is 23.7. The van der Waals surface area contributed by atoms with Crippen molar-refractivity contribution in [3.05, 3.63) is 48.6 Å². The highest BCUT2D eigenvalue weighted by Crippen LogP contribution is 2.04. The maximum absolute atomic E-state index is 11.8. The van der Waals surface area contributed by atoms with Crippen LogP contribution in [0.25, 0.3) is 0 Å². The van der Waals surface area contributed by atoms with Gasteiger partial charge in [-0.1, -0.05) is 55.5 Å². The van der Waals surface area contributed by atoms with Crippen LogP contribution in [0.4, 0.5) is 0 Å². The first-order valence-electron chi connectivity index (χ1n) is 10.4. The Bertz CT molecular complexity index is 592. The number of hydrogen-bond donors (Lipinski definition) is 3. The molecule has 0 aromatic rings. The van der Waals surface area contributed by atoms with Gasteiger partial charge >= 0.3 is 5.97 Å². The smallest absolute Gasteiger partial charge is 0.326 e. The highest BCUT2D eigenvalue weighted by atomic mass is 16.4. The number of rotatable bonds is 17. The Balaban J connectivity index is 3.77. The summed E-state index contributed by atoms with van der Waals surface area (Å²) in [4.78, 5) is 33.6. The van der Waals surface area contributed by atoms with Crippen molar-refractivity contribution in [3.63, 3.8) is 0 Å². The Morgan fingerprint density at radius 1 is 0.862 bits per heavy atom. The molecule has 0 aromatic carbocycles. The number of carboxylic acids is 1. The van der Waals surface area contributed by atoms with Crippen molar-refractivity contribution in [1.82, 2.24) is 5.32 Å². The van der Waals surface area contributed by atoms with E-state index in [2.05, 4.69) is 60.8 Å². The number of amides is 2. The minimum Gasteiger partial charge on any atom is -0.480 e. The molecule has 0 radical (unpaired) electrons. The summed E-state index contributed by atoms with van der Waals surface area (Å²) in [5, 5.41) is 11.5. The first kappa shape index (κ1) is 26.4. The van der Waals surface area contributed by atoms with E-state index >= 15 is 0 Å². The molecule has 0 heterocycles. The SMILES string of the molecule is CC/C=C\C/C=C\C/C=C\C/C=C\CCCCC(=O)N[C@@H](CCC(N)=O)C(=O)O. The van der Waals surface area contributed by atoms with Crippen molar-refractivity contribution in [2.75, 3.05) is 0 Å². The summed E-state index contributed by atoms with van der Waals surface area (Å²) in [7, 11) is 0. The Labute approximate surface area is 174 Å². The van der Waals surface area contributed by atoms with Crippen molar-refractivity contribution < 1.29 is 19.5 Å². The fraction of sp³-hybridized carbons (Fsp3) is 0.522. The Kier molecular flexibility index (Phi) is 17.0. The molecule has 0 bridgehead atoms. The third-order valence-electron chi connectivity index (χ3n) is 4.06. The number of allylic oxidation sites excluding steroid dienone is 8. The lowest BCUT2D eigenvalue weighted by Crippen LogP contribution is -2.41. The molecule has 0 aliphatic carbocycles. The normalized spacial score (nSPS) is 13.0. The number of carbonyl (C=O) groups is 3. The number of unbranched alkanes of at least 4 members (excludes halogenated alkanes) is 2. The van der Waals surface area contributed by atoms with Gasteiger partial charge in [0.1, 0.15) is 6.04 Å². The number of nitrogens with one attached hydrogen (secondary N) is 1. The number of carboxylic acid groups (broad SMARTS) is 1. The van der Waals surface area contributed by atoms with Crippen LogP contribution < -0.4 is 11.1 Å². The van der Waals surface area contributed by atoms with Crippen LogP contribution in [-0.2, 0) is 14.4 Å². The topological polar surface area (TPSA) is 109 Å². The first-order valence-corrected chi connectivity index (χ1v) is 10.4. The van der Waals surface area contributed by atoms with Gasteiger partial charge in [-0.05, 0) is 51.4 Å². The van der Waals surface area contributed by atoms with Gasteiger partial charge in [-0.25, -0.2) is 4.79 Å². The zero-order valence-electron chi connectivity index (χ0n) is 17.5. The quantitative estimate of drug-likeness (QED) is 0.249. The molecular weight excluding hydrogens is 368 g/mol. The van der Waals surface area contributed by atoms with E-state index in [-0.39, 0.29) is 25.2 Å². The zero-order chi connectivity index (χ0) is 21.7. The third-order valence-corrected chi connectivity index (χ3v) is 4.06. The van der Waals surface area contributed by atoms with Gasteiger partial charge in [-0.2, -0.15) is 0 Å². The minimum absolute atomic E-state index is 0.0123. The van der Waals surface area contributed by atoms with Crippen LogP contribution in [0, 0.1) is 0 Å². The number of primary amides is 1. The molecule has 0 unspecified atom stereocenters. The van der Waals surface area contributed by atoms with E-state index in [0.29, 0.717) is 6.42 Å². The highest BCUT2D eigenvalue weighted by Gasteiger charge is 2.19. The van der Waals surface area contributed by atoms with E-state index < -0.39 is 17.9 Å². The summed E-state index contributed by atoms with van der Waals surface area (Å²) in [5.74, 6) is -2.05. The molecule has 29 heavy (non-hydrogen) atoms. The summed E-state index contributed by atoms with van der Waals surface area (Å²) in [6, 6.07) is -1.07. The second kappa shape index (κ2) is 18.7. The third kappa shape index (κ3) is 18.5. The summed E-state index contributed by atoms with van der Waals surface area (Å²) < 4.78 is 0. The molecule has 0 aromatic heterocycles. The molecule has 6 heteroatoms. The van der Waals surface area contributed by atoms with Gasteiger partial charge in [-0.3, -0.25) is 9.59 Å². The predicted molar refractivity (Wildman–Crippen MR) is 117 cm³/mol. The number of carbonyl (C=O) groups excluding carboxylic acids is 2. The van der Waals surface area contributed by atoms with Crippen LogP contribution in [0.1, 0.15) is 71.1 Å². The van der Waals surface area contributed by atoms with Crippen molar-refractivity contribution in [1.29, 1.82) is 0 Å². The summed E-state index contributed by atoms with van der Waals surface area (Å²) >= 11 is 0. The van der Waals surface area contributed by atoms with Crippen molar-refractivity contribution in [3.8, 4) is 0 Å². The predicted octanol–water partition coefficient (Wildman–Crippen LogP) is 4.19. The number of nitrogens with two attached hydrogens (primary N) is 1. The Morgan fingerprint density at radius 2 is 1.41 bits per heavy atom. The average molecular weight is 405 g/mol. The van der Waals surface area contributed by atoms with E-state index in [0.717, 1.165) is 38.5 Å². The lowest BCUT2D eigenvalue weighted by atomic mass is 10.1. The van der Waals surface area contributed by atoms with Crippen LogP contribution in [0.3, 0.4) is 0 Å². The fourth-order valence-electron chi connectivity index (χ4n) is 2.46. The molecule has 0 spiro atoms. The first-order chi connectivity index (χ1) is 14.0. The minimum atomic E-state index is -1.15. The molecule has 162 valence electrons. The van der Waals surface area contributed by atoms with Gasteiger partial charge in [0.25, 0.3) is 0 Å². The van der Waals surface area contributed by atoms with E-state index in [4.69, 9.17) is 10.8 Å². The second-order valence-electron chi connectivity index (χ2n) is 6.71. The van der Waals surface area contributed by atoms with Crippen LogP contribution >= 0.6 is 0 Å². The number of aliphatic carboxylic acids is 1. The standard InChI is InChI=1S/C23H36N2O4/c1-2-3-4-5-6-7-8-9-10-11-12-13-14-15-16-17-22(27)25-20(23(28)29)18-19-21(24)26/h3-4,6-7,9-10,12-13,20H,2,5,8,11,14-19H2,1H3,(H2,24,26)(H,25,27)(H,28,29)/b4-3-,7-6-,10-9-,13-12-/t20-/m0/s1. The van der Waals surface area contributed by atoms with Crippen LogP contribution in [0.5, 0.6) is 0 Å². The molecule has 1 atom stereocenters. The van der Waals surface area contributed by atoms with Gasteiger partial charge in [0, 0.05) is 12.8 Å². The molecule has 0 aliphatic heterocycles. The zero-order valence-corrected chi connectivity index (χ0v) is 17.5. The Morgan fingerprint density at radius 3 is 1.93 bits per heavy atom. The van der Waals surface area contributed by atoms with Gasteiger partial charge in [-0.15, -0.1) is 0 Å². The molecule has 2 amide bonds. The summed E-state index contributed by atoms with van der Waals surface area (Å²) in [6.45, 7) is 2.13. The molecule has 0 saturated carbocycles. The molecule has 0 rings (SSSR count). The lowest BCUT2D eigenvalue weighted by molar-refractivity contribution is -0.142. The molecule has 0 aliphatic rings. The van der Waals surface area contributed by atoms with E-state index in [1.807, 2.05) is 0 Å². The Hall–Kier alpha value is -2.63. The average Bonchev–Trinajstić information content (AvgIpc) is 2.67. The van der Waals surface area contributed by atoms with Crippen molar-refractivity contribution in [2.24, 2.45) is 5.73 Å². The molecule has 4 N–H and O–H groups in total. The van der Waals surface area contributed by atoms with Crippen LogP contribution in [0.15, 0.2) is 48.6 Å². The lowest BCUT2D eigenvalue weighted by Gasteiger charge is -2.13. The van der Waals surface area contributed by atoms with Gasteiger partial charge in [0.2, 0.25) is 11.8 Å². The van der Waals surface area contributed by atoms with E-state index in [1.54, 1.807) is 0 Å². The fourth-order valence-corrected chi connectivity index (χ4v) is 2.46. The van der Waals surface area contributed by atoms with Crippen LogP contribution in [-0.4, -0.2) is 28.9 Å². The van der Waals surface area contributed by atoms with Crippen molar-refractivity contribution in [2.45, 2.75) is 77.2 Å². The van der Waals surface area contributed by atoms with Crippen LogP contribution in [0.2, 0.25) is 0 Å². The largest absolute Gasteiger partial charge is 0.480 e. The maximum atomic E-state index is 11.8. The molecule has 6 nitrogen and oxygen atoms in total. The van der Waals surface area contributed by atoms with Gasteiger partial charge < -0.3 is 16.2 Å². The molecule has 0 saturated heterocycles. The van der Waals surface area contributed by atoms with Crippen molar-refractivity contribution >= 4 is 17.8 Å². The molecule has 0 fully saturated rings. The van der Waals surface area contributed by atoms with Gasteiger partial charge in [0.15, 0.2) is 0 Å². The second-order valence-corrected chi connectivity index (χ2v) is 6.71. The summed E-state index contributed by atoms with van der Waals surface area (Å²) in [5.41, 5.74) is 5.01. The highest BCUT2D eigenvalue weighted by molar-refractivity contribution is 5.84. The van der Waals surface area contributed by atoms with Gasteiger partial charge in [0.05, 0.1) is 0 Å². The number of hydrogen-bond acceptors (Lipinski definition) is 3. The van der Waals surface area contributed by atoms with E-state index in [9.17, 15) is 14.4 Å². The molecular formula is C23H36N2O4. The maximum Gasteiger partial charge on any atom is 0.326 e. The van der Waals surface area contributed by atoms with E-state index in [1.165, 1.54) is 0 Å².